The smallest absolute Gasteiger partial charge is 0.377 e. The molecule has 0 saturated heterocycles. The maximum Gasteiger partial charge on any atom is 0.377 e. The summed E-state index contributed by atoms with van der Waals surface area (Å²) < 4.78 is 45.9. The van der Waals surface area contributed by atoms with Crippen molar-refractivity contribution in [2.24, 2.45) is 0 Å². The number of benzene rings is 1. The Morgan fingerprint density at radius 3 is 2.64 bits per heavy atom. The molecule has 7 heteroatoms. The van der Waals surface area contributed by atoms with Crippen LogP contribution in [0.25, 0.3) is 0 Å². The van der Waals surface area contributed by atoms with Crippen molar-refractivity contribution in [3.63, 3.8) is 0 Å². The minimum Gasteiger partial charge on any atom is -0.462 e. The summed E-state index contributed by atoms with van der Waals surface area (Å²) in [4.78, 5) is 25.0. The number of hydrogen-bond acceptors (Lipinski definition) is 3. The summed E-state index contributed by atoms with van der Waals surface area (Å²) in [6.45, 7) is 2.50. The molecule has 0 aromatic heterocycles. The first kappa shape index (κ1) is 16.3. The number of nitrogens with zero attached hydrogens (tertiary/aromatic N) is 1. The van der Waals surface area contributed by atoms with Gasteiger partial charge in [0.25, 0.3) is 0 Å². The van der Waals surface area contributed by atoms with E-state index in [9.17, 15) is 22.8 Å². The number of fused-ring (bicyclic) bond motifs is 1. The second-order valence-electron chi connectivity index (χ2n) is 5.46. The molecule has 1 aliphatic heterocycles. The predicted octanol–water partition coefficient (Wildman–Crippen LogP) is 2.65. The number of rotatable bonds is 4. The molecule has 1 atom stereocenters. The van der Waals surface area contributed by atoms with Crippen molar-refractivity contribution in [2.45, 2.75) is 31.6 Å². The standard InChI is InChI=1S/C15H16F3NO3/c1-4-22-13(21)15(17,18)8-14(2)10-7-9(16)5-6-11(10)19(3)12(14)20/h5-7H,4,8H2,1-3H3. The molecule has 120 valence electrons. The van der Waals surface area contributed by atoms with Crippen LogP contribution in [0.5, 0.6) is 0 Å². The topological polar surface area (TPSA) is 46.6 Å². The molecule has 0 saturated carbocycles. The van der Waals surface area contributed by atoms with Gasteiger partial charge in [-0.25, -0.2) is 9.18 Å². The number of hydrogen-bond donors (Lipinski definition) is 0. The van der Waals surface area contributed by atoms with Crippen LogP contribution < -0.4 is 4.90 Å². The van der Waals surface area contributed by atoms with E-state index in [2.05, 4.69) is 4.74 Å². The predicted molar refractivity (Wildman–Crippen MR) is 73.4 cm³/mol. The number of amides is 1. The number of likely N-dealkylation sites (N-methyl/N-ethyl adjacent to an activating group) is 1. The van der Waals surface area contributed by atoms with E-state index in [1.807, 2.05) is 0 Å². The van der Waals surface area contributed by atoms with Gasteiger partial charge in [0.2, 0.25) is 5.91 Å². The summed E-state index contributed by atoms with van der Waals surface area (Å²) in [5.41, 5.74) is -1.19. The van der Waals surface area contributed by atoms with Crippen molar-refractivity contribution in [2.75, 3.05) is 18.6 Å². The zero-order valence-electron chi connectivity index (χ0n) is 12.5. The highest BCUT2D eigenvalue weighted by molar-refractivity contribution is 6.07. The lowest BCUT2D eigenvalue weighted by molar-refractivity contribution is -0.174. The number of ether oxygens (including phenoxy) is 1. The van der Waals surface area contributed by atoms with Crippen LogP contribution >= 0.6 is 0 Å². The van der Waals surface area contributed by atoms with Crippen molar-refractivity contribution in [1.82, 2.24) is 0 Å². The lowest BCUT2D eigenvalue weighted by atomic mass is 9.78. The summed E-state index contributed by atoms with van der Waals surface area (Å²) in [5.74, 6) is -6.77. The van der Waals surface area contributed by atoms with E-state index in [1.165, 1.54) is 31.9 Å². The molecule has 0 bridgehead atoms. The lowest BCUT2D eigenvalue weighted by Crippen LogP contribution is -2.44. The fraction of sp³-hybridized carbons (Fsp3) is 0.467. The number of alkyl halides is 2. The SMILES string of the molecule is CCOC(=O)C(F)(F)CC1(C)C(=O)N(C)c2ccc(F)cc21. The Morgan fingerprint density at radius 2 is 2.05 bits per heavy atom. The molecule has 1 amide bonds. The largest absolute Gasteiger partial charge is 0.462 e. The highest BCUT2D eigenvalue weighted by Gasteiger charge is 2.55. The van der Waals surface area contributed by atoms with Crippen LogP contribution in [-0.4, -0.2) is 31.5 Å². The molecular formula is C15H16F3NO3. The molecule has 1 aromatic carbocycles. The minimum absolute atomic E-state index is 0.143. The molecule has 2 rings (SSSR count). The maximum atomic E-state index is 14.1. The van der Waals surface area contributed by atoms with Gasteiger partial charge in [0.15, 0.2) is 0 Å². The zero-order valence-corrected chi connectivity index (χ0v) is 12.5. The van der Waals surface area contributed by atoms with Crippen LogP contribution in [-0.2, 0) is 19.7 Å². The third kappa shape index (κ3) is 2.44. The van der Waals surface area contributed by atoms with E-state index < -0.39 is 35.5 Å². The quantitative estimate of drug-likeness (QED) is 0.803. The van der Waals surface area contributed by atoms with Crippen LogP contribution in [0, 0.1) is 5.82 Å². The Balaban J connectivity index is 2.44. The van der Waals surface area contributed by atoms with Gasteiger partial charge in [-0.1, -0.05) is 0 Å². The summed E-state index contributed by atoms with van der Waals surface area (Å²) in [6.07, 6.45) is -1.07. The molecule has 1 aromatic rings. The van der Waals surface area contributed by atoms with Gasteiger partial charge >= 0.3 is 11.9 Å². The summed E-state index contributed by atoms with van der Waals surface area (Å²) in [5, 5.41) is 0. The molecule has 0 spiro atoms. The van der Waals surface area contributed by atoms with Crippen LogP contribution in [0.3, 0.4) is 0 Å². The summed E-state index contributed by atoms with van der Waals surface area (Å²) in [7, 11) is 1.42. The molecule has 1 heterocycles. The molecule has 4 nitrogen and oxygen atoms in total. The van der Waals surface area contributed by atoms with Gasteiger partial charge in [-0.05, 0) is 37.6 Å². The second-order valence-corrected chi connectivity index (χ2v) is 5.46. The van der Waals surface area contributed by atoms with Crippen LogP contribution in [0.1, 0.15) is 25.8 Å². The Labute approximate surface area is 125 Å². The third-order valence-electron chi connectivity index (χ3n) is 3.84. The van der Waals surface area contributed by atoms with Crippen molar-refractivity contribution >= 4 is 17.6 Å². The Bertz CT molecular complexity index is 632. The second kappa shape index (κ2) is 5.30. The van der Waals surface area contributed by atoms with E-state index in [1.54, 1.807) is 0 Å². The van der Waals surface area contributed by atoms with Gasteiger partial charge in [0.1, 0.15) is 5.82 Å². The first-order valence-electron chi connectivity index (χ1n) is 6.76. The van der Waals surface area contributed by atoms with Gasteiger partial charge in [0, 0.05) is 19.2 Å². The normalized spacial score (nSPS) is 21.0. The molecule has 22 heavy (non-hydrogen) atoms. The highest BCUT2D eigenvalue weighted by Crippen LogP contribution is 2.46. The molecule has 0 aliphatic carbocycles. The molecule has 1 unspecified atom stereocenters. The number of anilines is 1. The van der Waals surface area contributed by atoms with Crippen LogP contribution in [0.2, 0.25) is 0 Å². The molecule has 0 N–H and O–H groups in total. The molecular weight excluding hydrogens is 299 g/mol. The van der Waals surface area contributed by atoms with Gasteiger partial charge in [-0.3, -0.25) is 4.79 Å². The fourth-order valence-corrected chi connectivity index (χ4v) is 2.76. The van der Waals surface area contributed by atoms with E-state index >= 15 is 0 Å². The average Bonchev–Trinajstić information content (AvgIpc) is 2.61. The number of carbonyl (C=O) groups is 2. The van der Waals surface area contributed by atoms with Crippen molar-refractivity contribution in [1.29, 1.82) is 0 Å². The van der Waals surface area contributed by atoms with Gasteiger partial charge in [-0.15, -0.1) is 0 Å². The maximum absolute atomic E-state index is 14.1. The highest BCUT2D eigenvalue weighted by atomic mass is 19.3. The van der Waals surface area contributed by atoms with E-state index in [-0.39, 0.29) is 12.2 Å². The number of esters is 1. The Hall–Kier alpha value is -2.05. The first-order chi connectivity index (χ1) is 10.1. The van der Waals surface area contributed by atoms with Crippen LogP contribution in [0.15, 0.2) is 18.2 Å². The van der Waals surface area contributed by atoms with E-state index in [0.29, 0.717) is 5.69 Å². The third-order valence-corrected chi connectivity index (χ3v) is 3.84. The van der Waals surface area contributed by atoms with E-state index in [0.717, 1.165) is 12.1 Å². The minimum atomic E-state index is -3.84. The summed E-state index contributed by atoms with van der Waals surface area (Å²) >= 11 is 0. The van der Waals surface area contributed by atoms with Crippen molar-refractivity contribution in [3.05, 3.63) is 29.6 Å². The Kier molecular flexibility index (Phi) is 3.93. The Morgan fingerprint density at radius 1 is 1.41 bits per heavy atom. The van der Waals surface area contributed by atoms with Gasteiger partial charge in [-0.2, -0.15) is 8.78 Å². The summed E-state index contributed by atoms with van der Waals surface area (Å²) in [6, 6.07) is 3.56. The van der Waals surface area contributed by atoms with Crippen molar-refractivity contribution < 1.29 is 27.5 Å². The average molecular weight is 315 g/mol. The first-order valence-corrected chi connectivity index (χ1v) is 6.76. The van der Waals surface area contributed by atoms with E-state index in [4.69, 9.17) is 0 Å². The van der Waals surface area contributed by atoms with Crippen LogP contribution in [0.4, 0.5) is 18.9 Å². The van der Waals surface area contributed by atoms with Crippen molar-refractivity contribution in [3.8, 4) is 0 Å². The van der Waals surface area contributed by atoms with Gasteiger partial charge < -0.3 is 9.64 Å². The van der Waals surface area contributed by atoms with Gasteiger partial charge in [0.05, 0.1) is 12.0 Å². The number of halogens is 3. The zero-order chi connectivity index (χ0) is 16.7. The molecule has 1 aliphatic rings. The molecule has 0 radical (unpaired) electrons. The fourth-order valence-electron chi connectivity index (χ4n) is 2.76. The monoisotopic (exact) mass is 315 g/mol. The number of carbonyl (C=O) groups excluding carboxylic acids is 2. The molecule has 0 fully saturated rings. The lowest BCUT2D eigenvalue weighted by Gasteiger charge is -2.27.